The fraction of sp³-hybridized carbons (Fsp3) is 0.348. The fourth-order valence-electron chi connectivity index (χ4n) is 3.57. The van der Waals surface area contributed by atoms with Crippen molar-refractivity contribution >= 4 is 34.0 Å². The SMILES string of the molecule is Br.Cc1ccc(N=c2scc(-c3ccccc3)n2CCN2CCOCC2)c(C)c1. The molecule has 0 unspecified atom stereocenters. The number of aryl methyl sites for hydroxylation is 2. The normalized spacial score (nSPS) is 15.3. The standard InChI is InChI=1S/C23H27N3OS.BrH/c1-18-8-9-21(19(2)16-18)24-23-26(11-10-25-12-14-27-15-13-25)22(17-28-23)20-6-4-3-5-7-20;/h3-9,16-17H,10-15H2,1-2H3;1H. The molecule has 0 aliphatic carbocycles. The molecule has 0 spiro atoms. The van der Waals surface area contributed by atoms with Crippen molar-refractivity contribution in [1.29, 1.82) is 0 Å². The van der Waals surface area contributed by atoms with Crippen molar-refractivity contribution < 1.29 is 4.74 Å². The highest BCUT2D eigenvalue weighted by Gasteiger charge is 2.13. The Morgan fingerprint density at radius 2 is 1.76 bits per heavy atom. The number of morpholine rings is 1. The molecule has 0 radical (unpaired) electrons. The Bertz CT molecular complexity index is 991. The zero-order chi connectivity index (χ0) is 19.3. The number of hydrogen-bond donors (Lipinski definition) is 0. The van der Waals surface area contributed by atoms with E-state index in [4.69, 9.17) is 9.73 Å². The van der Waals surface area contributed by atoms with Crippen LogP contribution in [0.25, 0.3) is 11.3 Å². The summed E-state index contributed by atoms with van der Waals surface area (Å²) in [4.78, 5) is 8.56. The second kappa shape index (κ2) is 10.3. The summed E-state index contributed by atoms with van der Waals surface area (Å²) in [6, 6.07) is 17.1. The molecular formula is C23H28BrN3OS. The first-order chi connectivity index (χ1) is 13.7. The first kappa shape index (κ1) is 22.0. The highest BCUT2D eigenvalue weighted by atomic mass is 79.9. The molecule has 4 nitrogen and oxygen atoms in total. The molecule has 0 amide bonds. The van der Waals surface area contributed by atoms with Gasteiger partial charge < -0.3 is 9.30 Å². The van der Waals surface area contributed by atoms with Gasteiger partial charge in [-0.3, -0.25) is 4.90 Å². The minimum Gasteiger partial charge on any atom is -0.379 e. The van der Waals surface area contributed by atoms with Crippen LogP contribution in [0.1, 0.15) is 11.1 Å². The van der Waals surface area contributed by atoms with Crippen molar-refractivity contribution in [3.63, 3.8) is 0 Å². The van der Waals surface area contributed by atoms with Crippen LogP contribution in [0.4, 0.5) is 5.69 Å². The quantitative estimate of drug-likeness (QED) is 0.522. The molecule has 3 aromatic rings. The molecule has 1 saturated heterocycles. The maximum absolute atomic E-state index is 5.49. The van der Waals surface area contributed by atoms with Gasteiger partial charge in [0.25, 0.3) is 0 Å². The third-order valence-corrected chi connectivity index (χ3v) is 6.04. The van der Waals surface area contributed by atoms with E-state index in [1.54, 1.807) is 11.3 Å². The number of aromatic nitrogens is 1. The largest absolute Gasteiger partial charge is 0.379 e. The molecule has 0 N–H and O–H groups in total. The molecule has 154 valence electrons. The monoisotopic (exact) mass is 473 g/mol. The van der Waals surface area contributed by atoms with Crippen molar-refractivity contribution in [2.24, 2.45) is 4.99 Å². The lowest BCUT2D eigenvalue weighted by atomic mass is 10.1. The third kappa shape index (κ3) is 5.45. The molecular weight excluding hydrogens is 446 g/mol. The van der Waals surface area contributed by atoms with E-state index < -0.39 is 0 Å². The summed E-state index contributed by atoms with van der Waals surface area (Å²) in [5, 5.41) is 2.23. The Morgan fingerprint density at radius 3 is 2.48 bits per heavy atom. The molecule has 0 saturated carbocycles. The topological polar surface area (TPSA) is 29.8 Å². The van der Waals surface area contributed by atoms with E-state index in [2.05, 4.69) is 77.2 Å². The van der Waals surface area contributed by atoms with Crippen LogP contribution in [0.2, 0.25) is 0 Å². The third-order valence-electron chi connectivity index (χ3n) is 5.18. The van der Waals surface area contributed by atoms with Gasteiger partial charge in [0, 0.05) is 31.6 Å². The van der Waals surface area contributed by atoms with E-state index >= 15 is 0 Å². The molecule has 0 atom stereocenters. The predicted octanol–water partition coefficient (Wildman–Crippen LogP) is 4.98. The molecule has 29 heavy (non-hydrogen) atoms. The van der Waals surface area contributed by atoms with E-state index in [0.29, 0.717) is 0 Å². The van der Waals surface area contributed by atoms with Crippen LogP contribution in [-0.2, 0) is 11.3 Å². The maximum Gasteiger partial charge on any atom is 0.190 e. The lowest BCUT2D eigenvalue weighted by Gasteiger charge is -2.26. The van der Waals surface area contributed by atoms with Crippen molar-refractivity contribution in [3.05, 3.63) is 69.8 Å². The average molecular weight is 474 g/mol. The number of ether oxygens (including phenoxy) is 1. The van der Waals surface area contributed by atoms with Crippen LogP contribution in [0.3, 0.4) is 0 Å². The minimum absolute atomic E-state index is 0. The first-order valence-electron chi connectivity index (χ1n) is 9.86. The van der Waals surface area contributed by atoms with Gasteiger partial charge in [-0.05, 0) is 31.0 Å². The summed E-state index contributed by atoms with van der Waals surface area (Å²) in [5.74, 6) is 0. The molecule has 4 rings (SSSR count). The summed E-state index contributed by atoms with van der Waals surface area (Å²) in [5.41, 5.74) is 6.01. The molecule has 6 heteroatoms. The van der Waals surface area contributed by atoms with Gasteiger partial charge in [0.2, 0.25) is 0 Å². The van der Waals surface area contributed by atoms with E-state index in [-0.39, 0.29) is 17.0 Å². The minimum atomic E-state index is 0. The van der Waals surface area contributed by atoms with Crippen molar-refractivity contribution in [1.82, 2.24) is 9.47 Å². The van der Waals surface area contributed by atoms with Crippen LogP contribution in [-0.4, -0.2) is 42.3 Å². The molecule has 0 bridgehead atoms. The van der Waals surface area contributed by atoms with Gasteiger partial charge in [-0.25, -0.2) is 4.99 Å². The van der Waals surface area contributed by atoms with Crippen LogP contribution in [0, 0.1) is 13.8 Å². The van der Waals surface area contributed by atoms with Crippen LogP contribution in [0.5, 0.6) is 0 Å². The Hall–Kier alpha value is -1.73. The Balaban J connectivity index is 0.00000240. The number of thiazole rings is 1. The van der Waals surface area contributed by atoms with Crippen molar-refractivity contribution in [2.75, 3.05) is 32.8 Å². The van der Waals surface area contributed by atoms with Gasteiger partial charge >= 0.3 is 0 Å². The highest BCUT2D eigenvalue weighted by Crippen LogP contribution is 2.22. The lowest BCUT2D eigenvalue weighted by molar-refractivity contribution is 0.0363. The molecule has 2 aromatic carbocycles. The average Bonchev–Trinajstić information content (AvgIpc) is 3.12. The molecule has 2 heterocycles. The Morgan fingerprint density at radius 1 is 1.00 bits per heavy atom. The zero-order valence-electron chi connectivity index (χ0n) is 17.0. The van der Waals surface area contributed by atoms with E-state index in [0.717, 1.165) is 49.9 Å². The second-order valence-corrected chi connectivity index (χ2v) is 8.11. The first-order valence-corrected chi connectivity index (χ1v) is 10.7. The molecule has 1 fully saturated rings. The summed E-state index contributed by atoms with van der Waals surface area (Å²) in [7, 11) is 0. The van der Waals surface area contributed by atoms with E-state index in [1.165, 1.54) is 22.4 Å². The summed E-state index contributed by atoms with van der Waals surface area (Å²) >= 11 is 1.72. The highest BCUT2D eigenvalue weighted by molar-refractivity contribution is 8.93. The Kier molecular flexibility index (Phi) is 7.84. The van der Waals surface area contributed by atoms with E-state index in [9.17, 15) is 0 Å². The molecule has 1 aliphatic heterocycles. The number of halogens is 1. The summed E-state index contributed by atoms with van der Waals surface area (Å²) in [6.07, 6.45) is 0. The van der Waals surface area contributed by atoms with Gasteiger partial charge in [0.1, 0.15) is 0 Å². The van der Waals surface area contributed by atoms with Crippen LogP contribution >= 0.6 is 28.3 Å². The zero-order valence-corrected chi connectivity index (χ0v) is 19.5. The van der Waals surface area contributed by atoms with Crippen LogP contribution < -0.4 is 4.80 Å². The predicted molar refractivity (Wildman–Crippen MR) is 126 cm³/mol. The number of nitrogens with zero attached hydrogens (tertiary/aromatic N) is 3. The number of hydrogen-bond acceptors (Lipinski definition) is 4. The van der Waals surface area contributed by atoms with Gasteiger partial charge in [-0.2, -0.15) is 0 Å². The van der Waals surface area contributed by atoms with Crippen molar-refractivity contribution in [2.45, 2.75) is 20.4 Å². The van der Waals surface area contributed by atoms with E-state index in [1.807, 2.05) is 0 Å². The van der Waals surface area contributed by atoms with Crippen molar-refractivity contribution in [3.8, 4) is 11.3 Å². The maximum atomic E-state index is 5.49. The smallest absolute Gasteiger partial charge is 0.190 e. The van der Waals surface area contributed by atoms with Crippen LogP contribution in [0.15, 0.2) is 58.9 Å². The number of rotatable bonds is 5. The summed E-state index contributed by atoms with van der Waals surface area (Å²) in [6.45, 7) is 9.88. The van der Waals surface area contributed by atoms with Gasteiger partial charge in [0.15, 0.2) is 4.80 Å². The fourth-order valence-corrected chi connectivity index (χ4v) is 4.52. The molecule has 1 aliphatic rings. The van der Waals surface area contributed by atoms with Gasteiger partial charge in [0.05, 0.1) is 24.6 Å². The summed E-state index contributed by atoms with van der Waals surface area (Å²) < 4.78 is 7.86. The lowest BCUT2D eigenvalue weighted by Crippen LogP contribution is -2.39. The second-order valence-electron chi connectivity index (χ2n) is 7.28. The van der Waals surface area contributed by atoms with Gasteiger partial charge in [-0.1, -0.05) is 48.0 Å². The molecule has 1 aromatic heterocycles. The Labute approximate surface area is 187 Å². The number of benzene rings is 2. The van der Waals surface area contributed by atoms with Gasteiger partial charge in [-0.15, -0.1) is 28.3 Å².